The van der Waals surface area contributed by atoms with E-state index < -0.39 is 12.8 Å². The zero-order valence-corrected chi connectivity index (χ0v) is 6.77. The van der Waals surface area contributed by atoms with Gasteiger partial charge in [0.2, 0.25) is 0 Å². The number of benzene rings is 1. The van der Waals surface area contributed by atoms with Crippen LogP contribution in [0, 0.1) is 6.07 Å². The van der Waals surface area contributed by atoms with Crippen molar-refractivity contribution < 1.29 is 17.9 Å². The highest BCUT2D eigenvalue weighted by atomic mass is 19.3. The van der Waals surface area contributed by atoms with Crippen LogP contribution in [-0.4, -0.2) is 12.8 Å². The first-order chi connectivity index (χ1) is 6.14. The molecule has 1 aromatic carbocycles. The predicted octanol–water partition coefficient (Wildman–Crippen LogP) is 2.57. The Hall–Kier alpha value is -1.03. The SMILES string of the molecule is FCC(F)(F)OCc1[c]cccc1. The van der Waals surface area contributed by atoms with Gasteiger partial charge in [0.25, 0.3) is 0 Å². The topological polar surface area (TPSA) is 9.23 Å². The van der Waals surface area contributed by atoms with Crippen molar-refractivity contribution in [1.29, 1.82) is 0 Å². The molecule has 0 bridgehead atoms. The third-order valence-electron chi connectivity index (χ3n) is 1.37. The third-order valence-corrected chi connectivity index (χ3v) is 1.37. The van der Waals surface area contributed by atoms with Crippen LogP contribution in [0.15, 0.2) is 24.3 Å². The van der Waals surface area contributed by atoms with E-state index in [1.807, 2.05) is 0 Å². The number of alkyl halides is 3. The quantitative estimate of drug-likeness (QED) is 0.707. The largest absolute Gasteiger partial charge is 0.384 e. The second-order valence-electron chi connectivity index (χ2n) is 2.45. The van der Waals surface area contributed by atoms with Gasteiger partial charge in [-0.15, -0.1) is 0 Å². The van der Waals surface area contributed by atoms with Crippen molar-refractivity contribution in [3.8, 4) is 0 Å². The Balaban J connectivity index is 2.44. The first-order valence-corrected chi connectivity index (χ1v) is 3.67. The Morgan fingerprint density at radius 3 is 2.69 bits per heavy atom. The van der Waals surface area contributed by atoms with Crippen molar-refractivity contribution in [2.45, 2.75) is 12.7 Å². The summed E-state index contributed by atoms with van der Waals surface area (Å²) >= 11 is 0. The Labute approximate surface area is 74.1 Å². The van der Waals surface area contributed by atoms with Crippen LogP contribution in [0.2, 0.25) is 0 Å². The van der Waals surface area contributed by atoms with E-state index in [9.17, 15) is 13.2 Å². The summed E-state index contributed by atoms with van der Waals surface area (Å²) in [6.45, 7) is -2.14. The molecule has 1 rings (SSSR count). The minimum Gasteiger partial charge on any atom is -0.314 e. The predicted molar refractivity (Wildman–Crippen MR) is 41.0 cm³/mol. The zero-order chi connectivity index (χ0) is 9.73. The molecule has 71 valence electrons. The van der Waals surface area contributed by atoms with E-state index >= 15 is 0 Å². The second-order valence-corrected chi connectivity index (χ2v) is 2.45. The maximum absolute atomic E-state index is 12.2. The molecule has 0 amide bonds. The van der Waals surface area contributed by atoms with Gasteiger partial charge in [-0.2, -0.15) is 8.78 Å². The van der Waals surface area contributed by atoms with Gasteiger partial charge < -0.3 is 4.74 Å². The van der Waals surface area contributed by atoms with E-state index in [4.69, 9.17) is 0 Å². The van der Waals surface area contributed by atoms with Crippen molar-refractivity contribution in [2.75, 3.05) is 6.67 Å². The first-order valence-electron chi connectivity index (χ1n) is 3.67. The smallest absolute Gasteiger partial charge is 0.314 e. The van der Waals surface area contributed by atoms with E-state index in [-0.39, 0.29) is 6.61 Å². The fraction of sp³-hybridized carbons (Fsp3) is 0.333. The highest BCUT2D eigenvalue weighted by molar-refractivity contribution is 5.11. The van der Waals surface area contributed by atoms with Gasteiger partial charge in [0, 0.05) is 0 Å². The summed E-state index contributed by atoms with van der Waals surface area (Å²) in [4.78, 5) is 0. The molecule has 0 saturated heterocycles. The lowest BCUT2D eigenvalue weighted by Gasteiger charge is -2.12. The van der Waals surface area contributed by atoms with Gasteiger partial charge in [0.1, 0.15) is 0 Å². The number of halogens is 3. The van der Waals surface area contributed by atoms with Crippen molar-refractivity contribution in [3.05, 3.63) is 35.9 Å². The lowest BCUT2D eigenvalue weighted by atomic mass is 10.2. The number of rotatable bonds is 4. The third kappa shape index (κ3) is 3.46. The van der Waals surface area contributed by atoms with E-state index in [2.05, 4.69) is 10.8 Å². The molecule has 0 aliphatic rings. The molecule has 0 N–H and O–H groups in total. The van der Waals surface area contributed by atoms with E-state index in [0.717, 1.165) is 0 Å². The summed E-state index contributed by atoms with van der Waals surface area (Å²) in [5, 5.41) is 0. The second kappa shape index (κ2) is 4.28. The summed E-state index contributed by atoms with van der Waals surface area (Å²) in [5.41, 5.74) is 0.468. The van der Waals surface area contributed by atoms with Crippen molar-refractivity contribution in [2.24, 2.45) is 0 Å². The molecule has 1 radical (unpaired) electrons. The molecule has 0 spiro atoms. The molecule has 0 unspecified atom stereocenters. The van der Waals surface area contributed by atoms with Crippen LogP contribution < -0.4 is 0 Å². The molecule has 0 saturated carbocycles. The zero-order valence-electron chi connectivity index (χ0n) is 6.77. The maximum Gasteiger partial charge on any atom is 0.384 e. The summed E-state index contributed by atoms with van der Waals surface area (Å²) in [7, 11) is 0. The van der Waals surface area contributed by atoms with Gasteiger partial charge in [0.15, 0.2) is 6.67 Å². The summed E-state index contributed by atoms with van der Waals surface area (Å²) in [6, 6.07) is 9.21. The minimum absolute atomic E-state index is 0.336. The molecule has 1 aromatic rings. The van der Waals surface area contributed by atoms with Crippen LogP contribution in [0.3, 0.4) is 0 Å². The number of hydrogen-bond acceptors (Lipinski definition) is 1. The van der Waals surface area contributed by atoms with Gasteiger partial charge in [-0.3, -0.25) is 0 Å². The molecular weight excluding hydrogens is 181 g/mol. The molecule has 0 aliphatic carbocycles. The molecule has 0 aliphatic heterocycles. The number of ether oxygens (including phenoxy) is 1. The Morgan fingerprint density at radius 1 is 1.38 bits per heavy atom. The average molecular weight is 189 g/mol. The van der Waals surface area contributed by atoms with Gasteiger partial charge in [-0.1, -0.05) is 24.3 Å². The molecule has 13 heavy (non-hydrogen) atoms. The van der Waals surface area contributed by atoms with Crippen LogP contribution >= 0.6 is 0 Å². The molecule has 0 aromatic heterocycles. The molecule has 4 heteroatoms. The van der Waals surface area contributed by atoms with Gasteiger partial charge in [0.05, 0.1) is 6.61 Å². The monoisotopic (exact) mass is 189 g/mol. The summed E-state index contributed by atoms with van der Waals surface area (Å²) in [6.07, 6.45) is -3.69. The molecule has 1 nitrogen and oxygen atoms in total. The normalized spacial score (nSPS) is 11.6. The Kier molecular flexibility index (Phi) is 3.31. The standard InChI is InChI=1S/C9H8F3O/c10-7-9(11,12)13-6-8-4-2-1-3-5-8/h1-4H,6-7H2. The average Bonchev–Trinajstić information content (AvgIpc) is 2.17. The van der Waals surface area contributed by atoms with Crippen LogP contribution in [0.5, 0.6) is 0 Å². The van der Waals surface area contributed by atoms with Crippen LogP contribution in [-0.2, 0) is 11.3 Å². The molecule has 0 fully saturated rings. The summed E-state index contributed by atoms with van der Waals surface area (Å²) in [5.74, 6) is 0. The van der Waals surface area contributed by atoms with E-state index in [1.165, 1.54) is 0 Å². The molecular formula is C9H8F3O. The first kappa shape index (κ1) is 10.1. The van der Waals surface area contributed by atoms with Crippen molar-refractivity contribution in [3.63, 3.8) is 0 Å². The van der Waals surface area contributed by atoms with E-state index in [1.54, 1.807) is 24.3 Å². The van der Waals surface area contributed by atoms with Crippen LogP contribution in [0.25, 0.3) is 0 Å². The fourth-order valence-electron chi connectivity index (χ4n) is 0.742. The van der Waals surface area contributed by atoms with Crippen molar-refractivity contribution in [1.82, 2.24) is 0 Å². The Bertz CT molecular complexity index is 248. The fourth-order valence-corrected chi connectivity index (χ4v) is 0.742. The maximum atomic E-state index is 12.2. The van der Waals surface area contributed by atoms with Gasteiger partial charge >= 0.3 is 6.11 Å². The Morgan fingerprint density at radius 2 is 2.15 bits per heavy atom. The van der Waals surface area contributed by atoms with E-state index in [0.29, 0.717) is 5.56 Å². The molecule has 0 heterocycles. The van der Waals surface area contributed by atoms with Gasteiger partial charge in [-0.25, -0.2) is 4.39 Å². The highest BCUT2D eigenvalue weighted by Gasteiger charge is 2.29. The lowest BCUT2D eigenvalue weighted by molar-refractivity contribution is -0.252. The van der Waals surface area contributed by atoms with Crippen LogP contribution in [0.1, 0.15) is 5.56 Å². The highest BCUT2D eigenvalue weighted by Crippen LogP contribution is 2.17. The van der Waals surface area contributed by atoms with Gasteiger partial charge in [-0.05, 0) is 11.6 Å². The lowest BCUT2D eigenvalue weighted by Crippen LogP contribution is -2.22. The number of hydrogen-bond donors (Lipinski definition) is 0. The minimum atomic E-state index is -3.69. The summed E-state index contributed by atoms with van der Waals surface area (Å²) < 4.78 is 40.1. The van der Waals surface area contributed by atoms with Crippen molar-refractivity contribution >= 4 is 0 Å². The van der Waals surface area contributed by atoms with Crippen LogP contribution in [0.4, 0.5) is 13.2 Å². The molecule has 0 atom stereocenters.